The fourth-order valence-electron chi connectivity index (χ4n) is 2.36. The Balaban J connectivity index is 1.99. The van der Waals surface area contributed by atoms with Gasteiger partial charge in [-0.25, -0.2) is 9.67 Å². The summed E-state index contributed by atoms with van der Waals surface area (Å²) < 4.78 is 7.68. The van der Waals surface area contributed by atoms with Crippen LogP contribution >= 0.6 is 11.6 Å². The third-order valence-corrected chi connectivity index (χ3v) is 3.56. The molecule has 0 radical (unpaired) electrons. The molecule has 1 atom stereocenters. The van der Waals surface area contributed by atoms with Gasteiger partial charge in [-0.2, -0.15) is 5.10 Å². The van der Waals surface area contributed by atoms with E-state index in [1.54, 1.807) is 12.3 Å². The summed E-state index contributed by atoms with van der Waals surface area (Å²) in [6.07, 6.45) is 1.34. The summed E-state index contributed by atoms with van der Waals surface area (Å²) in [5, 5.41) is 8.49. The second-order valence-corrected chi connectivity index (χ2v) is 5.67. The van der Waals surface area contributed by atoms with Crippen LogP contribution in [0.1, 0.15) is 29.1 Å². The zero-order valence-electron chi connectivity index (χ0n) is 12.7. The van der Waals surface area contributed by atoms with Crippen molar-refractivity contribution < 1.29 is 4.42 Å². The first kappa shape index (κ1) is 14.7. The van der Waals surface area contributed by atoms with Crippen LogP contribution in [-0.2, 0) is 0 Å². The number of aromatic nitrogens is 3. The van der Waals surface area contributed by atoms with E-state index in [0.29, 0.717) is 10.8 Å². The molecule has 114 valence electrons. The summed E-state index contributed by atoms with van der Waals surface area (Å²) in [6, 6.07) is 9.53. The Morgan fingerprint density at radius 2 is 2.00 bits per heavy atom. The summed E-state index contributed by atoms with van der Waals surface area (Å²) in [5.74, 6) is 2.34. The molecular formula is C16H17ClN4O. The first-order valence-electron chi connectivity index (χ1n) is 7.00. The quantitative estimate of drug-likeness (QED) is 0.787. The number of nitrogens with zero attached hydrogens (tertiary/aromatic N) is 3. The Hall–Kier alpha value is -2.27. The summed E-state index contributed by atoms with van der Waals surface area (Å²) in [6.45, 7) is 5.90. The van der Waals surface area contributed by atoms with Crippen molar-refractivity contribution in [2.45, 2.75) is 26.9 Å². The normalized spacial score (nSPS) is 12.4. The van der Waals surface area contributed by atoms with Crippen LogP contribution in [0.3, 0.4) is 0 Å². The molecule has 3 heterocycles. The molecule has 3 aromatic rings. The molecule has 0 fully saturated rings. The minimum absolute atomic E-state index is 0.268. The van der Waals surface area contributed by atoms with Crippen molar-refractivity contribution in [1.29, 1.82) is 0 Å². The van der Waals surface area contributed by atoms with Gasteiger partial charge in [0.1, 0.15) is 17.3 Å². The Bertz CT molecular complexity index is 776. The molecule has 22 heavy (non-hydrogen) atoms. The number of rotatable bonds is 4. The van der Waals surface area contributed by atoms with Crippen LogP contribution in [0.4, 0.5) is 5.82 Å². The number of aryl methyl sites for hydroxylation is 3. The van der Waals surface area contributed by atoms with Crippen molar-refractivity contribution in [3.63, 3.8) is 0 Å². The lowest BCUT2D eigenvalue weighted by Gasteiger charge is -2.19. The first-order valence-corrected chi connectivity index (χ1v) is 7.38. The van der Waals surface area contributed by atoms with Crippen LogP contribution in [-0.4, -0.2) is 14.8 Å². The first-order chi connectivity index (χ1) is 10.5. The number of halogens is 1. The fraction of sp³-hybridized carbons (Fsp3) is 0.250. The van der Waals surface area contributed by atoms with E-state index in [2.05, 4.69) is 15.4 Å². The molecule has 6 heteroatoms. The van der Waals surface area contributed by atoms with Crippen molar-refractivity contribution in [1.82, 2.24) is 14.8 Å². The lowest BCUT2D eigenvalue weighted by atomic mass is 10.3. The minimum atomic E-state index is -0.268. The third-order valence-electron chi connectivity index (χ3n) is 3.33. The molecule has 0 aromatic carbocycles. The van der Waals surface area contributed by atoms with Gasteiger partial charge in [-0.1, -0.05) is 11.6 Å². The summed E-state index contributed by atoms with van der Waals surface area (Å²) in [7, 11) is 0. The highest BCUT2D eigenvalue weighted by Crippen LogP contribution is 2.24. The van der Waals surface area contributed by atoms with E-state index in [9.17, 15) is 0 Å². The number of hydrogen-bond donors (Lipinski definition) is 1. The Morgan fingerprint density at radius 1 is 1.18 bits per heavy atom. The SMILES string of the molecule is Cc1cc(C)n(C(Nc2ccc(Cl)cn2)c2ccc(C)o2)n1. The van der Waals surface area contributed by atoms with Crippen LogP contribution < -0.4 is 5.32 Å². The highest BCUT2D eigenvalue weighted by Gasteiger charge is 2.20. The van der Waals surface area contributed by atoms with Gasteiger partial charge in [-0.15, -0.1) is 0 Å². The predicted octanol–water partition coefficient (Wildman–Crippen LogP) is 4.11. The minimum Gasteiger partial charge on any atom is -0.462 e. The van der Waals surface area contributed by atoms with E-state index < -0.39 is 0 Å². The van der Waals surface area contributed by atoms with Crippen molar-refractivity contribution in [3.8, 4) is 0 Å². The molecule has 3 aromatic heterocycles. The van der Waals surface area contributed by atoms with E-state index in [1.807, 2.05) is 49.7 Å². The van der Waals surface area contributed by atoms with Gasteiger partial charge in [0.05, 0.1) is 10.7 Å². The fourth-order valence-corrected chi connectivity index (χ4v) is 2.47. The lowest BCUT2D eigenvalue weighted by molar-refractivity contribution is 0.412. The average molecular weight is 317 g/mol. The van der Waals surface area contributed by atoms with Crippen LogP contribution in [0.25, 0.3) is 0 Å². The van der Waals surface area contributed by atoms with Crippen molar-refractivity contribution in [2.24, 2.45) is 0 Å². The molecule has 0 bridgehead atoms. The molecule has 0 aliphatic carbocycles. The van der Waals surface area contributed by atoms with E-state index in [4.69, 9.17) is 16.0 Å². The Morgan fingerprint density at radius 3 is 2.55 bits per heavy atom. The Labute approximate surface area is 133 Å². The van der Waals surface area contributed by atoms with E-state index >= 15 is 0 Å². The van der Waals surface area contributed by atoms with Crippen molar-refractivity contribution in [3.05, 3.63) is 64.5 Å². The number of anilines is 1. The number of hydrogen-bond acceptors (Lipinski definition) is 4. The van der Waals surface area contributed by atoms with Crippen LogP contribution in [0.5, 0.6) is 0 Å². The molecule has 0 saturated carbocycles. The smallest absolute Gasteiger partial charge is 0.180 e. The molecule has 0 aliphatic heterocycles. The highest BCUT2D eigenvalue weighted by atomic mass is 35.5. The van der Waals surface area contributed by atoms with E-state index in [0.717, 1.165) is 22.9 Å². The van der Waals surface area contributed by atoms with Crippen LogP contribution in [0, 0.1) is 20.8 Å². The van der Waals surface area contributed by atoms with Gasteiger partial charge < -0.3 is 9.73 Å². The maximum Gasteiger partial charge on any atom is 0.180 e. The number of furan rings is 1. The maximum absolute atomic E-state index is 5.89. The zero-order chi connectivity index (χ0) is 15.7. The van der Waals surface area contributed by atoms with Gasteiger partial charge in [0.15, 0.2) is 6.17 Å². The van der Waals surface area contributed by atoms with Gasteiger partial charge in [0, 0.05) is 11.9 Å². The van der Waals surface area contributed by atoms with E-state index in [-0.39, 0.29) is 6.17 Å². The van der Waals surface area contributed by atoms with Gasteiger partial charge in [-0.05, 0) is 51.1 Å². The highest BCUT2D eigenvalue weighted by molar-refractivity contribution is 6.30. The zero-order valence-corrected chi connectivity index (χ0v) is 13.4. The molecule has 1 N–H and O–H groups in total. The lowest BCUT2D eigenvalue weighted by Crippen LogP contribution is -2.22. The molecule has 5 nitrogen and oxygen atoms in total. The standard InChI is InChI=1S/C16H17ClN4O/c1-10-8-11(2)21(20-10)16(14-6-4-12(3)22-14)19-15-7-5-13(17)9-18-15/h4-9,16H,1-3H3,(H,18,19). The summed E-state index contributed by atoms with van der Waals surface area (Å²) >= 11 is 5.89. The van der Waals surface area contributed by atoms with Gasteiger partial charge in [0.2, 0.25) is 0 Å². The topological polar surface area (TPSA) is 55.9 Å². The molecule has 0 saturated heterocycles. The largest absolute Gasteiger partial charge is 0.462 e. The molecule has 0 aliphatic rings. The second-order valence-electron chi connectivity index (χ2n) is 5.23. The second kappa shape index (κ2) is 5.85. The average Bonchev–Trinajstić information content (AvgIpc) is 3.04. The van der Waals surface area contributed by atoms with Crippen molar-refractivity contribution in [2.75, 3.05) is 5.32 Å². The summed E-state index contributed by atoms with van der Waals surface area (Å²) in [5.41, 5.74) is 2.00. The number of pyridine rings is 1. The van der Waals surface area contributed by atoms with E-state index in [1.165, 1.54) is 0 Å². The Kier molecular flexibility index (Phi) is 3.90. The molecule has 0 spiro atoms. The molecule has 0 amide bonds. The summed E-state index contributed by atoms with van der Waals surface area (Å²) in [4.78, 5) is 4.29. The maximum atomic E-state index is 5.89. The predicted molar refractivity (Wildman–Crippen MR) is 86.2 cm³/mol. The molecule has 1 unspecified atom stereocenters. The van der Waals surface area contributed by atoms with Gasteiger partial charge in [0.25, 0.3) is 0 Å². The van der Waals surface area contributed by atoms with Crippen molar-refractivity contribution >= 4 is 17.4 Å². The van der Waals surface area contributed by atoms with Gasteiger partial charge >= 0.3 is 0 Å². The number of nitrogens with one attached hydrogen (secondary N) is 1. The molecule has 3 rings (SSSR count). The molecular weight excluding hydrogens is 300 g/mol. The van der Waals surface area contributed by atoms with Crippen LogP contribution in [0.2, 0.25) is 5.02 Å². The van der Waals surface area contributed by atoms with Crippen LogP contribution in [0.15, 0.2) is 40.9 Å². The van der Waals surface area contributed by atoms with Gasteiger partial charge in [-0.3, -0.25) is 0 Å². The third kappa shape index (κ3) is 2.99. The monoisotopic (exact) mass is 316 g/mol.